The maximum Gasteiger partial charge on any atom is 0.300 e. The van der Waals surface area contributed by atoms with Crippen LogP contribution in [0.5, 0.6) is 11.5 Å². The average Bonchev–Trinajstić information content (AvgIpc) is 3.29. The highest BCUT2D eigenvalue weighted by Gasteiger charge is 2.17. The first-order valence-corrected chi connectivity index (χ1v) is 11.3. The second-order valence-electron chi connectivity index (χ2n) is 7.82. The van der Waals surface area contributed by atoms with E-state index in [1.54, 1.807) is 47.0 Å². The van der Waals surface area contributed by atoms with Crippen LogP contribution in [0.3, 0.4) is 0 Å². The fourth-order valence-electron chi connectivity index (χ4n) is 3.70. The number of rotatable bonds is 8. The molecule has 0 aliphatic carbocycles. The van der Waals surface area contributed by atoms with Crippen molar-refractivity contribution in [2.75, 3.05) is 12.0 Å². The largest absolute Gasteiger partial charge is 0.457 e. The molecule has 36 heavy (non-hydrogen) atoms. The molecule has 11 heteroatoms. The van der Waals surface area contributed by atoms with E-state index in [-0.39, 0.29) is 18.0 Å². The minimum absolute atomic E-state index is 0.00395. The lowest BCUT2D eigenvalue weighted by Crippen LogP contribution is -2.20. The standard InChI is InChI=1S/C25H19ClF2N6O2/c26-17-3-1-16(2-4-17)14-34-23-22(33(12-10-27)15-30-23)24(35)32-25(34)31-18-5-7-19(8-6-18)36-20-9-11-29-21(28)13-20/h1-9,11,13,15H,10,12,14H2,(H,31,32,35). The first-order valence-electron chi connectivity index (χ1n) is 10.9. The van der Waals surface area contributed by atoms with E-state index >= 15 is 0 Å². The SMILES string of the molecule is O=c1nc(Nc2ccc(Oc3ccnc(F)c3)cc2)n(Cc2ccc(Cl)cc2)c2ncn(CCF)c12. The Labute approximate surface area is 208 Å². The summed E-state index contributed by atoms with van der Waals surface area (Å²) in [5, 5.41) is 3.76. The normalized spacial score (nSPS) is 11.1. The quantitative estimate of drug-likeness (QED) is 0.285. The molecule has 3 heterocycles. The third-order valence-electron chi connectivity index (χ3n) is 5.36. The van der Waals surface area contributed by atoms with Crippen molar-refractivity contribution in [3.05, 3.63) is 100 Å². The van der Waals surface area contributed by atoms with Gasteiger partial charge in [-0.1, -0.05) is 23.7 Å². The molecule has 1 N–H and O–H groups in total. The summed E-state index contributed by atoms with van der Waals surface area (Å²) in [5.74, 6) is 0.423. The van der Waals surface area contributed by atoms with E-state index in [1.165, 1.54) is 23.2 Å². The number of ether oxygens (including phenoxy) is 1. The smallest absolute Gasteiger partial charge is 0.300 e. The Balaban J connectivity index is 1.48. The molecule has 0 saturated carbocycles. The summed E-state index contributed by atoms with van der Waals surface area (Å²) in [4.78, 5) is 25.0. The molecule has 0 fully saturated rings. The summed E-state index contributed by atoms with van der Waals surface area (Å²) in [7, 11) is 0. The monoisotopic (exact) mass is 508 g/mol. The summed E-state index contributed by atoms with van der Waals surface area (Å²) in [6.45, 7) is -0.294. The summed E-state index contributed by atoms with van der Waals surface area (Å²) < 4.78 is 35.2. The van der Waals surface area contributed by atoms with Crippen molar-refractivity contribution in [2.45, 2.75) is 13.1 Å². The van der Waals surface area contributed by atoms with Crippen LogP contribution in [0, 0.1) is 5.95 Å². The molecule has 0 bridgehead atoms. The van der Waals surface area contributed by atoms with Gasteiger partial charge in [0.15, 0.2) is 11.2 Å². The van der Waals surface area contributed by atoms with Crippen molar-refractivity contribution in [3.63, 3.8) is 0 Å². The van der Waals surface area contributed by atoms with Crippen molar-refractivity contribution >= 4 is 34.4 Å². The van der Waals surface area contributed by atoms with Crippen molar-refractivity contribution in [1.29, 1.82) is 0 Å². The minimum Gasteiger partial charge on any atom is -0.457 e. The molecule has 0 saturated heterocycles. The third kappa shape index (κ3) is 5.03. The topological polar surface area (TPSA) is 86.9 Å². The number of aromatic nitrogens is 5. The molecule has 8 nitrogen and oxygen atoms in total. The van der Waals surface area contributed by atoms with Crippen molar-refractivity contribution in [1.82, 2.24) is 24.1 Å². The van der Waals surface area contributed by atoms with E-state index in [0.29, 0.717) is 34.4 Å². The lowest BCUT2D eigenvalue weighted by Gasteiger charge is -2.16. The van der Waals surface area contributed by atoms with Gasteiger partial charge in [-0.05, 0) is 48.0 Å². The molecule has 0 atom stereocenters. The van der Waals surface area contributed by atoms with Crippen LogP contribution in [0.4, 0.5) is 20.4 Å². The summed E-state index contributed by atoms with van der Waals surface area (Å²) >= 11 is 6.02. The highest BCUT2D eigenvalue weighted by Crippen LogP contribution is 2.25. The molecule has 0 amide bonds. The molecule has 5 aromatic rings. The highest BCUT2D eigenvalue weighted by molar-refractivity contribution is 6.30. The highest BCUT2D eigenvalue weighted by atomic mass is 35.5. The number of anilines is 2. The number of hydrogen-bond acceptors (Lipinski definition) is 6. The van der Waals surface area contributed by atoms with Gasteiger partial charge in [-0.15, -0.1) is 0 Å². The number of benzene rings is 2. The maximum atomic E-state index is 13.3. The molecular formula is C25H19ClF2N6O2. The molecule has 0 unspecified atom stereocenters. The number of alkyl halides is 1. The van der Waals surface area contributed by atoms with Crippen LogP contribution in [0.25, 0.3) is 11.2 Å². The Morgan fingerprint density at radius 3 is 2.50 bits per heavy atom. The van der Waals surface area contributed by atoms with Gasteiger partial charge in [0.25, 0.3) is 0 Å². The number of aryl methyl sites for hydroxylation is 1. The Kier molecular flexibility index (Phi) is 6.59. The van der Waals surface area contributed by atoms with Crippen LogP contribution in [-0.4, -0.2) is 30.8 Å². The van der Waals surface area contributed by atoms with Gasteiger partial charge in [0, 0.05) is 23.0 Å². The number of halogens is 3. The van der Waals surface area contributed by atoms with Crippen LogP contribution >= 0.6 is 11.6 Å². The van der Waals surface area contributed by atoms with Gasteiger partial charge in [-0.2, -0.15) is 9.37 Å². The molecule has 0 radical (unpaired) electrons. The number of nitrogens with one attached hydrogen (secondary N) is 1. The molecule has 5 rings (SSSR count). The fourth-order valence-corrected chi connectivity index (χ4v) is 3.82. The van der Waals surface area contributed by atoms with Crippen LogP contribution < -0.4 is 15.6 Å². The Morgan fingerprint density at radius 1 is 1.00 bits per heavy atom. The van der Waals surface area contributed by atoms with Crippen LogP contribution in [0.1, 0.15) is 5.56 Å². The first kappa shape index (κ1) is 23.4. The lowest BCUT2D eigenvalue weighted by molar-refractivity contribution is 0.449. The fraction of sp³-hybridized carbons (Fsp3) is 0.120. The number of imidazole rings is 1. The van der Waals surface area contributed by atoms with Crippen molar-refractivity contribution in [2.24, 2.45) is 0 Å². The number of fused-ring (bicyclic) bond motifs is 1. The second-order valence-corrected chi connectivity index (χ2v) is 8.25. The van der Waals surface area contributed by atoms with Crippen LogP contribution in [0.15, 0.2) is 78.0 Å². The average molecular weight is 509 g/mol. The number of hydrogen-bond donors (Lipinski definition) is 1. The molecular weight excluding hydrogens is 490 g/mol. The lowest BCUT2D eigenvalue weighted by atomic mass is 10.2. The molecule has 0 aliphatic rings. The summed E-state index contributed by atoms with van der Waals surface area (Å²) in [5.41, 5.74) is 1.61. The van der Waals surface area contributed by atoms with E-state index in [2.05, 4.69) is 20.3 Å². The van der Waals surface area contributed by atoms with Gasteiger partial charge in [0.1, 0.15) is 18.2 Å². The molecule has 0 aliphatic heterocycles. The Bertz CT molecular complexity index is 1570. The Hall–Kier alpha value is -4.31. The van der Waals surface area contributed by atoms with Crippen LogP contribution in [-0.2, 0) is 13.1 Å². The van der Waals surface area contributed by atoms with Crippen molar-refractivity contribution < 1.29 is 13.5 Å². The maximum absolute atomic E-state index is 13.3. The van der Waals surface area contributed by atoms with Gasteiger partial charge in [0.05, 0.1) is 19.4 Å². The predicted molar refractivity (Wildman–Crippen MR) is 132 cm³/mol. The van der Waals surface area contributed by atoms with E-state index in [0.717, 1.165) is 5.56 Å². The van der Waals surface area contributed by atoms with Gasteiger partial charge >= 0.3 is 5.56 Å². The predicted octanol–water partition coefficient (Wildman–Crippen LogP) is 5.33. The number of pyridine rings is 1. The second kappa shape index (κ2) is 10.1. The van der Waals surface area contributed by atoms with Crippen LogP contribution in [0.2, 0.25) is 5.02 Å². The minimum atomic E-state index is -0.639. The zero-order chi connectivity index (χ0) is 25.1. The zero-order valence-corrected chi connectivity index (χ0v) is 19.5. The van der Waals surface area contributed by atoms with E-state index in [1.807, 2.05) is 12.1 Å². The van der Waals surface area contributed by atoms with Gasteiger partial charge < -0.3 is 14.6 Å². The third-order valence-corrected chi connectivity index (χ3v) is 5.62. The van der Waals surface area contributed by atoms with Gasteiger partial charge in [-0.25, -0.2) is 14.4 Å². The van der Waals surface area contributed by atoms with E-state index < -0.39 is 18.2 Å². The van der Waals surface area contributed by atoms with E-state index in [9.17, 15) is 13.6 Å². The molecule has 2 aromatic carbocycles. The molecule has 3 aromatic heterocycles. The van der Waals surface area contributed by atoms with Crippen molar-refractivity contribution in [3.8, 4) is 11.5 Å². The summed E-state index contributed by atoms with van der Waals surface area (Å²) in [6.07, 6.45) is 2.75. The zero-order valence-electron chi connectivity index (χ0n) is 18.7. The molecule has 0 spiro atoms. The Morgan fingerprint density at radius 2 is 1.78 bits per heavy atom. The van der Waals surface area contributed by atoms with Gasteiger partial charge in [0.2, 0.25) is 11.9 Å². The van der Waals surface area contributed by atoms with Gasteiger partial charge in [-0.3, -0.25) is 9.36 Å². The summed E-state index contributed by atoms with van der Waals surface area (Å²) in [6, 6.07) is 16.8. The molecule has 182 valence electrons. The van der Waals surface area contributed by atoms with E-state index in [4.69, 9.17) is 16.3 Å². The number of nitrogens with zero attached hydrogens (tertiary/aromatic N) is 5. The first-order chi connectivity index (χ1) is 17.5.